The molecule has 0 saturated carbocycles. The van der Waals surface area contributed by atoms with Gasteiger partial charge in [-0.15, -0.1) is 0 Å². The zero-order chi connectivity index (χ0) is 30.4. The highest BCUT2D eigenvalue weighted by Gasteiger charge is 2.42. The largest absolute Gasteiger partial charge is 0.465 e. The molecule has 4 rings (SSSR count). The lowest BCUT2D eigenvalue weighted by Gasteiger charge is -2.44. The van der Waals surface area contributed by atoms with E-state index < -0.39 is 62.1 Å². The van der Waals surface area contributed by atoms with Crippen LogP contribution in [0.2, 0.25) is 0 Å². The molecule has 16 heteroatoms. The molecular formula is C25H30F4N6O5S. The number of carbonyl (C=O) groups excluding carboxylic acids is 1. The third-order valence-corrected chi connectivity index (χ3v) is 8.51. The van der Waals surface area contributed by atoms with Gasteiger partial charge < -0.3 is 24.7 Å². The zero-order valence-electron chi connectivity index (χ0n) is 22.8. The Labute approximate surface area is 234 Å². The number of piperazine rings is 1. The van der Waals surface area contributed by atoms with Crippen LogP contribution in [-0.2, 0) is 16.0 Å². The lowest BCUT2D eigenvalue weighted by atomic mass is 9.99. The highest BCUT2D eigenvalue weighted by atomic mass is 32.2. The second-order valence-corrected chi connectivity index (χ2v) is 12.5. The quantitative estimate of drug-likeness (QED) is 0.497. The summed E-state index contributed by atoms with van der Waals surface area (Å²) in [5.41, 5.74) is -1.68. The van der Waals surface area contributed by atoms with E-state index in [-0.39, 0.29) is 44.6 Å². The molecule has 0 bridgehead atoms. The number of carboxylic acid groups (broad SMARTS) is 1. The fraction of sp³-hybridized carbons (Fsp3) is 0.520. The molecule has 11 nitrogen and oxygen atoms in total. The topological polar surface area (TPSA) is 127 Å². The number of aromatic nitrogens is 2. The molecule has 3 heterocycles. The Hall–Kier alpha value is -3.69. The standard InChI is InChI=1S/C25H30F4N6O5S/c1-14(2)19-13-33(15-5-6-18(26)20(9-15)41(4,39)40)7-8-35(19)23-30-10-17(21(31-23)25(27,28)29)22(36)32(3)16-11-34(12-16)24(37)38/h5-6,9-10,14,16,19H,7-8,11-13H2,1-4H3,(H,37,38). The van der Waals surface area contributed by atoms with E-state index in [1.807, 2.05) is 18.7 Å². The number of carbonyl (C=O) groups is 2. The third kappa shape index (κ3) is 6.16. The normalized spacial score (nSPS) is 18.5. The Morgan fingerprint density at radius 3 is 2.37 bits per heavy atom. The van der Waals surface area contributed by atoms with Crippen molar-refractivity contribution in [2.24, 2.45) is 5.92 Å². The number of benzene rings is 1. The van der Waals surface area contributed by atoms with Gasteiger partial charge in [0.2, 0.25) is 5.95 Å². The van der Waals surface area contributed by atoms with Gasteiger partial charge in [-0.3, -0.25) is 4.79 Å². The molecule has 1 aromatic carbocycles. The maximum absolute atomic E-state index is 14.1. The molecule has 2 aromatic rings. The molecule has 2 saturated heterocycles. The van der Waals surface area contributed by atoms with Crippen molar-refractivity contribution in [3.8, 4) is 0 Å². The van der Waals surface area contributed by atoms with E-state index in [0.717, 1.165) is 28.3 Å². The molecule has 1 atom stereocenters. The number of likely N-dealkylation sites (tertiary alicyclic amines) is 1. The molecule has 1 N–H and O–H groups in total. The molecular weight excluding hydrogens is 572 g/mol. The van der Waals surface area contributed by atoms with Crippen LogP contribution in [0, 0.1) is 11.7 Å². The fourth-order valence-electron chi connectivity index (χ4n) is 4.93. The first kappa shape index (κ1) is 30.3. The zero-order valence-corrected chi connectivity index (χ0v) is 23.6. The summed E-state index contributed by atoms with van der Waals surface area (Å²) >= 11 is 0. The molecule has 0 aliphatic carbocycles. The third-order valence-electron chi connectivity index (χ3n) is 7.40. The van der Waals surface area contributed by atoms with Crippen LogP contribution in [0.15, 0.2) is 29.3 Å². The fourth-order valence-corrected chi connectivity index (χ4v) is 5.69. The van der Waals surface area contributed by atoms with E-state index >= 15 is 0 Å². The van der Waals surface area contributed by atoms with Gasteiger partial charge in [-0.2, -0.15) is 13.2 Å². The summed E-state index contributed by atoms with van der Waals surface area (Å²) in [5, 5.41) is 9.00. The van der Waals surface area contributed by atoms with Gasteiger partial charge in [0.25, 0.3) is 5.91 Å². The first-order valence-corrected chi connectivity index (χ1v) is 14.6. The van der Waals surface area contributed by atoms with Crippen LogP contribution >= 0.6 is 0 Å². The van der Waals surface area contributed by atoms with E-state index in [1.54, 1.807) is 4.90 Å². The van der Waals surface area contributed by atoms with Crippen LogP contribution in [-0.4, -0.2) is 103 Å². The van der Waals surface area contributed by atoms with Crippen LogP contribution in [0.5, 0.6) is 0 Å². The molecule has 41 heavy (non-hydrogen) atoms. The number of likely N-dealkylation sites (N-methyl/N-ethyl adjacent to an activating group) is 1. The predicted octanol–water partition coefficient (Wildman–Crippen LogP) is 2.82. The van der Waals surface area contributed by atoms with Crippen molar-refractivity contribution >= 4 is 33.5 Å². The minimum Gasteiger partial charge on any atom is -0.465 e. The highest BCUT2D eigenvalue weighted by Crippen LogP contribution is 2.34. The van der Waals surface area contributed by atoms with E-state index in [1.165, 1.54) is 19.2 Å². The Bertz CT molecular complexity index is 1450. The molecule has 224 valence electrons. The van der Waals surface area contributed by atoms with Crippen molar-refractivity contribution in [3.63, 3.8) is 0 Å². The molecule has 2 fully saturated rings. The van der Waals surface area contributed by atoms with E-state index in [9.17, 15) is 35.6 Å². The van der Waals surface area contributed by atoms with E-state index in [4.69, 9.17) is 5.11 Å². The minimum atomic E-state index is -4.97. The Kier molecular flexibility index (Phi) is 8.08. The van der Waals surface area contributed by atoms with Crippen LogP contribution in [0.4, 0.5) is 34.0 Å². The second kappa shape index (κ2) is 10.9. The number of anilines is 2. The molecule has 2 amide bonds. The number of amides is 2. The van der Waals surface area contributed by atoms with Gasteiger partial charge in [-0.1, -0.05) is 13.8 Å². The first-order chi connectivity index (χ1) is 19.0. The maximum atomic E-state index is 14.1. The van der Waals surface area contributed by atoms with E-state index in [0.29, 0.717) is 5.69 Å². The summed E-state index contributed by atoms with van der Waals surface area (Å²) in [5.74, 6) is -2.16. The Morgan fingerprint density at radius 1 is 1.15 bits per heavy atom. The number of alkyl halides is 3. The Balaban J connectivity index is 1.61. The number of nitrogens with zero attached hydrogens (tertiary/aromatic N) is 6. The Morgan fingerprint density at radius 2 is 1.80 bits per heavy atom. The van der Waals surface area contributed by atoms with Gasteiger partial charge in [-0.05, 0) is 24.1 Å². The molecule has 2 aliphatic rings. The van der Waals surface area contributed by atoms with Gasteiger partial charge in [-0.25, -0.2) is 27.6 Å². The van der Waals surface area contributed by atoms with Crippen molar-refractivity contribution in [2.75, 3.05) is 55.8 Å². The predicted molar refractivity (Wildman–Crippen MR) is 140 cm³/mol. The highest BCUT2D eigenvalue weighted by molar-refractivity contribution is 7.90. The van der Waals surface area contributed by atoms with E-state index in [2.05, 4.69) is 9.97 Å². The van der Waals surface area contributed by atoms with Crippen LogP contribution in [0.1, 0.15) is 29.9 Å². The number of hydrogen-bond acceptors (Lipinski definition) is 8. The molecule has 1 unspecified atom stereocenters. The van der Waals surface area contributed by atoms with Crippen molar-refractivity contribution < 1.29 is 40.7 Å². The van der Waals surface area contributed by atoms with Crippen LogP contribution in [0.25, 0.3) is 0 Å². The maximum Gasteiger partial charge on any atom is 0.434 e. The summed E-state index contributed by atoms with van der Waals surface area (Å²) in [6.45, 7) is 4.40. The monoisotopic (exact) mass is 602 g/mol. The minimum absolute atomic E-state index is 0.0159. The SMILES string of the molecule is CC(C)C1CN(c2ccc(F)c(S(C)(=O)=O)c2)CCN1c1ncc(C(=O)N(C)C2CN(C(=O)O)C2)c(C(F)(F)F)n1. The van der Waals surface area contributed by atoms with Crippen molar-refractivity contribution in [2.45, 2.75) is 37.0 Å². The summed E-state index contributed by atoms with van der Waals surface area (Å²) in [7, 11) is -2.52. The second-order valence-electron chi connectivity index (χ2n) is 10.5. The summed E-state index contributed by atoms with van der Waals surface area (Å²) in [6.07, 6.45) is -4.40. The van der Waals surface area contributed by atoms with Gasteiger partial charge in [0.05, 0.1) is 17.6 Å². The summed E-state index contributed by atoms with van der Waals surface area (Å²) in [6, 6.07) is 2.77. The molecule has 0 radical (unpaired) electrons. The summed E-state index contributed by atoms with van der Waals surface area (Å²) in [4.78, 5) is 37.0. The van der Waals surface area contributed by atoms with Crippen molar-refractivity contribution in [1.82, 2.24) is 19.8 Å². The molecule has 2 aliphatic heterocycles. The lowest BCUT2D eigenvalue weighted by molar-refractivity contribution is -0.141. The average molecular weight is 603 g/mol. The smallest absolute Gasteiger partial charge is 0.434 e. The van der Waals surface area contributed by atoms with Crippen molar-refractivity contribution in [3.05, 3.63) is 41.5 Å². The number of sulfone groups is 1. The number of hydrogen-bond donors (Lipinski definition) is 1. The van der Waals surface area contributed by atoms with Gasteiger partial charge in [0, 0.05) is 57.9 Å². The van der Waals surface area contributed by atoms with Gasteiger partial charge in [0.1, 0.15) is 10.7 Å². The first-order valence-electron chi connectivity index (χ1n) is 12.7. The summed E-state index contributed by atoms with van der Waals surface area (Å²) < 4.78 is 80.6. The number of halogens is 4. The van der Waals surface area contributed by atoms with Gasteiger partial charge >= 0.3 is 12.3 Å². The lowest BCUT2D eigenvalue weighted by Crippen LogP contribution is -2.61. The van der Waals surface area contributed by atoms with Crippen molar-refractivity contribution in [1.29, 1.82) is 0 Å². The average Bonchev–Trinajstić information content (AvgIpc) is 2.85. The van der Waals surface area contributed by atoms with Crippen LogP contribution < -0.4 is 9.80 Å². The molecule has 1 aromatic heterocycles. The van der Waals surface area contributed by atoms with Gasteiger partial charge in [0.15, 0.2) is 15.5 Å². The number of rotatable bonds is 6. The molecule has 0 spiro atoms. The van der Waals surface area contributed by atoms with Crippen LogP contribution in [0.3, 0.4) is 0 Å².